The summed E-state index contributed by atoms with van der Waals surface area (Å²) in [4.78, 5) is 1.65. The molecule has 0 saturated heterocycles. The van der Waals surface area contributed by atoms with Crippen molar-refractivity contribution in [1.82, 2.24) is 0 Å². The number of rotatable bonds is 10. The summed E-state index contributed by atoms with van der Waals surface area (Å²) in [5.41, 5.74) is -1.21. The van der Waals surface area contributed by atoms with Crippen molar-refractivity contribution in [3.05, 3.63) is 86.6 Å². The Labute approximate surface area is 267 Å². The van der Waals surface area contributed by atoms with Gasteiger partial charge in [0.2, 0.25) is 0 Å². The standard InChI is InChI=1S/C34H32F6OS3/c1-19-26(21(3)43-30(19)23-11-7-5-8-12-23)28-29(33(37,38)34(39,40)32(28,35)36)27-20(2)31(44-22(27)4)24-13-15-25(16-14-24)41-17-9-6-10-18-42/h5,7-8,11-16,42H,6,9-10,17-18H2,1-4H3. The number of unbranched alkanes of at least 4 members (excludes halogenated alkanes) is 2. The zero-order valence-electron chi connectivity index (χ0n) is 24.7. The molecule has 0 atom stereocenters. The van der Waals surface area contributed by atoms with Gasteiger partial charge in [0, 0.05) is 41.8 Å². The van der Waals surface area contributed by atoms with Crippen molar-refractivity contribution in [2.24, 2.45) is 0 Å². The van der Waals surface area contributed by atoms with Crippen LogP contribution >= 0.6 is 35.3 Å². The topological polar surface area (TPSA) is 9.23 Å². The first-order valence-electron chi connectivity index (χ1n) is 14.2. The average molecular weight is 667 g/mol. The molecule has 0 spiro atoms. The third kappa shape index (κ3) is 5.30. The molecular formula is C34H32F6OS3. The molecule has 2 aromatic heterocycles. The third-order valence-electron chi connectivity index (χ3n) is 8.04. The van der Waals surface area contributed by atoms with Crippen molar-refractivity contribution >= 4 is 46.4 Å². The summed E-state index contributed by atoms with van der Waals surface area (Å²) >= 11 is 6.45. The lowest BCUT2D eigenvalue weighted by molar-refractivity contribution is -0.254. The van der Waals surface area contributed by atoms with E-state index in [4.69, 9.17) is 4.74 Å². The number of aryl methyl sites for hydroxylation is 2. The van der Waals surface area contributed by atoms with Crippen LogP contribution in [0.3, 0.4) is 0 Å². The van der Waals surface area contributed by atoms with E-state index in [1.807, 2.05) is 0 Å². The SMILES string of the molecule is Cc1sc(-c2ccccc2)c(C)c1C1=C(c2c(C)sc(-c3ccc(OCCCCCS)cc3)c2C)C(F)(F)C(F)(F)C1(F)F. The molecule has 2 heterocycles. The number of hydrogen-bond donors (Lipinski definition) is 1. The quantitative estimate of drug-likeness (QED) is 0.101. The van der Waals surface area contributed by atoms with Gasteiger partial charge in [-0.2, -0.15) is 39.0 Å². The van der Waals surface area contributed by atoms with E-state index in [0.717, 1.165) is 47.7 Å². The highest BCUT2D eigenvalue weighted by Gasteiger charge is 2.80. The number of halogens is 6. The van der Waals surface area contributed by atoms with Crippen LogP contribution in [0.15, 0.2) is 54.6 Å². The van der Waals surface area contributed by atoms with Gasteiger partial charge in [-0.05, 0) is 99.2 Å². The zero-order chi connectivity index (χ0) is 32.0. The molecule has 0 aliphatic heterocycles. The number of thiophene rings is 2. The minimum Gasteiger partial charge on any atom is -0.494 e. The normalized spacial score (nSPS) is 17.0. The van der Waals surface area contributed by atoms with Crippen molar-refractivity contribution in [3.63, 3.8) is 0 Å². The van der Waals surface area contributed by atoms with E-state index in [2.05, 4.69) is 12.6 Å². The molecule has 1 aliphatic rings. The molecule has 10 heteroatoms. The summed E-state index contributed by atoms with van der Waals surface area (Å²) < 4.78 is 99.4. The molecule has 4 aromatic rings. The molecular weight excluding hydrogens is 635 g/mol. The molecule has 5 rings (SSSR count). The van der Waals surface area contributed by atoms with Crippen molar-refractivity contribution in [2.45, 2.75) is 64.7 Å². The van der Waals surface area contributed by atoms with Crippen molar-refractivity contribution in [1.29, 1.82) is 0 Å². The molecule has 234 valence electrons. The van der Waals surface area contributed by atoms with Crippen molar-refractivity contribution in [2.75, 3.05) is 12.4 Å². The lowest BCUT2D eigenvalue weighted by Crippen LogP contribution is -2.49. The van der Waals surface area contributed by atoms with E-state index in [1.165, 1.54) is 27.7 Å². The first kappa shape index (κ1) is 32.7. The van der Waals surface area contributed by atoms with Crippen molar-refractivity contribution in [3.8, 4) is 26.6 Å². The van der Waals surface area contributed by atoms with Gasteiger partial charge in [0.15, 0.2) is 0 Å². The van der Waals surface area contributed by atoms with Crippen LogP contribution < -0.4 is 4.74 Å². The minimum atomic E-state index is -5.62. The Hall–Kier alpha value is -2.69. The Morgan fingerprint density at radius 2 is 1.11 bits per heavy atom. The lowest BCUT2D eigenvalue weighted by Gasteiger charge is -2.26. The van der Waals surface area contributed by atoms with Crippen LogP contribution in [0.4, 0.5) is 26.3 Å². The molecule has 0 fully saturated rings. The molecule has 0 N–H and O–H groups in total. The summed E-state index contributed by atoms with van der Waals surface area (Å²) in [6.45, 7) is 6.61. The minimum absolute atomic E-state index is 0.242. The molecule has 0 radical (unpaired) electrons. The number of allylic oxidation sites excluding steroid dienone is 2. The lowest BCUT2D eigenvalue weighted by atomic mass is 9.90. The highest BCUT2D eigenvalue weighted by molar-refractivity contribution is 7.80. The summed E-state index contributed by atoms with van der Waals surface area (Å²) in [5, 5.41) is 0. The largest absolute Gasteiger partial charge is 0.494 e. The molecule has 0 amide bonds. The maximum Gasteiger partial charge on any atom is 0.380 e. The Morgan fingerprint density at radius 3 is 1.59 bits per heavy atom. The van der Waals surface area contributed by atoms with Gasteiger partial charge in [-0.1, -0.05) is 30.3 Å². The highest BCUT2D eigenvalue weighted by atomic mass is 32.1. The average Bonchev–Trinajstić information content (AvgIpc) is 3.48. The van der Waals surface area contributed by atoms with Crippen LogP contribution in [-0.2, 0) is 0 Å². The van der Waals surface area contributed by atoms with E-state index in [-0.39, 0.29) is 32.0 Å². The monoisotopic (exact) mass is 666 g/mol. The number of hydrogen-bond acceptors (Lipinski definition) is 4. The molecule has 1 nitrogen and oxygen atoms in total. The van der Waals surface area contributed by atoms with Gasteiger partial charge in [0.1, 0.15) is 5.75 Å². The molecule has 44 heavy (non-hydrogen) atoms. The molecule has 0 unspecified atom stereocenters. The molecule has 0 saturated carbocycles. The van der Waals surface area contributed by atoms with Crippen LogP contribution in [0.25, 0.3) is 32.0 Å². The maximum atomic E-state index is 15.8. The number of benzene rings is 2. The van der Waals surface area contributed by atoms with Gasteiger partial charge in [-0.25, -0.2) is 0 Å². The van der Waals surface area contributed by atoms with Crippen molar-refractivity contribution < 1.29 is 31.1 Å². The first-order valence-corrected chi connectivity index (χ1v) is 16.5. The third-order valence-corrected chi connectivity index (χ3v) is 10.9. The van der Waals surface area contributed by atoms with Crippen LogP contribution in [0.5, 0.6) is 5.75 Å². The number of ether oxygens (including phenoxy) is 1. The second kappa shape index (κ2) is 12.2. The fourth-order valence-corrected chi connectivity index (χ4v) is 8.42. The highest BCUT2D eigenvalue weighted by Crippen LogP contribution is 2.67. The van der Waals surface area contributed by atoms with Crippen LogP contribution in [-0.4, -0.2) is 30.1 Å². The van der Waals surface area contributed by atoms with Crippen LogP contribution in [0.1, 0.15) is 51.3 Å². The Kier molecular flexibility index (Phi) is 9.10. The van der Waals surface area contributed by atoms with Crippen LogP contribution in [0.2, 0.25) is 0 Å². The van der Waals surface area contributed by atoms with E-state index >= 15 is 26.3 Å². The maximum absolute atomic E-state index is 15.8. The predicted molar refractivity (Wildman–Crippen MR) is 173 cm³/mol. The Bertz CT molecular complexity index is 1680. The summed E-state index contributed by atoms with van der Waals surface area (Å²) in [6.07, 6.45) is 2.88. The van der Waals surface area contributed by atoms with E-state index in [1.54, 1.807) is 54.6 Å². The predicted octanol–water partition coefficient (Wildman–Crippen LogP) is 11.7. The van der Waals surface area contributed by atoms with E-state index in [0.29, 0.717) is 33.2 Å². The summed E-state index contributed by atoms with van der Waals surface area (Å²) in [7, 11) is 0. The van der Waals surface area contributed by atoms with Gasteiger partial charge < -0.3 is 4.74 Å². The van der Waals surface area contributed by atoms with Gasteiger partial charge >= 0.3 is 17.8 Å². The van der Waals surface area contributed by atoms with Crippen LogP contribution in [0, 0.1) is 27.7 Å². The zero-order valence-corrected chi connectivity index (χ0v) is 27.2. The van der Waals surface area contributed by atoms with E-state index < -0.39 is 28.9 Å². The number of alkyl halides is 6. The van der Waals surface area contributed by atoms with Gasteiger partial charge in [0.25, 0.3) is 0 Å². The Morgan fingerprint density at radius 1 is 0.636 bits per heavy atom. The van der Waals surface area contributed by atoms with Gasteiger partial charge in [-0.15, -0.1) is 22.7 Å². The first-order chi connectivity index (χ1) is 20.8. The van der Waals surface area contributed by atoms with Gasteiger partial charge in [0.05, 0.1) is 6.61 Å². The molecule has 0 bridgehead atoms. The summed E-state index contributed by atoms with van der Waals surface area (Å²) in [6, 6.07) is 15.9. The second-order valence-corrected chi connectivity index (χ2v) is 13.9. The number of thiol groups is 1. The van der Waals surface area contributed by atoms with Gasteiger partial charge in [-0.3, -0.25) is 0 Å². The summed E-state index contributed by atoms with van der Waals surface area (Å²) in [5.74, 6) is -14.4. The second-order valence-electron chi connectivity index (χ2n) is 11.0. The molecule has 1 aliphatic carbocycles. The Balaban J connectivity index is 1.64. The smallest absolute Gasteiger partial charge is 0.380 e. The molecule has 2 aromatic carbocycles. The fraction of sp³-hybridized carbons (Fsp3) is 0.353. The van der Waals surface area contributed by atoms with E-state index in [9.17, 15) is 0 Å². The fourth-order valence-electron chi connectivity index (χ4n) is 5.86.